The summed E-state index contributed by atoms with van der Waals surface area (Å²) in [7, 11) is 1.72. The summed E-state index contributed by atoms with van der Waals surface area (Å²) in [6.07, 6.45) is 5.63. The Morgan fingerprint density at radius 2 is 2.33 bits per heavy atom. The monoisotopic (exact) mass is 211 g/mol. The number of hydrogen-bond acceptors (Lipinski definition) is 3. The molecule has 4 nitrogen and oxygen atoms in total. The number of ether oxygens (including phenoxy) is 1. The summed E-state index contributed by atoms with van der Waals surface area (Å²) in [5.41, 5.74) is 7.13. The van der Waals surface area contributed by atoms with E-state index in [2.05, 4.69) is 23.4 Å². The van der Waals surface area contributed by atoms with Crippen LogP contribution in [0.2, 0.25) is 0 Å². The van der Waals surface area contributed by atoms with Crippen molar-refractivity contribution in [3.8, 4) is 0 Å². The van der Waals surface area contributed by atoms with Gasteiger partial charge in [0.25, 0.3) is 0 Å². The fourth-order valence-corrected chi connectivity index (χ4v) is 1.61. The van der Waals surface area contributed by atoms with Gasteiger partial charge in [-0.2, -0.15) is 0 Å². The van der Waals surface area contributed by atoms with Crippen molar-refractivity contribution in [2.75, 3.05) is 13.7 Å². The molecule has 0 radical (unpaired) electrons. The molecule has 0 spiro atoms. The highest BCUT2D eigenvalue weighted by Gasteiger charge is 2.13. The van der Waals surface area contributed by atoms with Crippen LogP contribution in [-0.2, 0) is 4.74 Å². The van der Waals surface area contributed by atoms with Crippen LogP contribution < -0.4 is 5.73 Å². The first kappa shape index (κ1) is 12.2. The predicted octanol–water partition coefficient (Wildman–Crippen LogP) is 1.89. The number of imidazole rings is 1. The van der Waals surface area contributed by atoms with Crippen LogP contribution in [0.5, 0.6) is 0 Å². The van der Waals surface area contributed by atoms with Gasteiger partial charge in [0, 0.05) is 32.0 Å². The minimum absolute atomic E-state index is 0.0810. The summed E-state index contributed by atoms with van der Waals surface area (Å²) in [5, 5.41) is 0. The quantitative estimate of drug-likeness (QED) is 0.781. The Labute approximate surface area is 91.4 Å². The van der Waals surface area contributed by atoms with Gasteiger partial charge in [0.2, 0.25) is 0 Å². The SMILES string of the molecule is CC[C@@H](N)c1cncn1C(C)CCOC. The van der Waals surface area contributed by atoms with Gasteiger partial charge >= 0.3 is 0 Å². The molecule has 1 heterocycles. The van der Waals surface area contributed by atoms with Crippen molar-refractivity contribution >= 4 is 0 Å². The fraction of sp³-hybridized carbons (Fsp3) is 0.727. The van der Waals surface area contributed by atoms with E-state index in [9.17, 15) is 0 Å². The minimum Gasteiger partial charge on any atom is -0.385 e. The van der Waals surface area contributed by atoms with Gasteiger partial charge in [-0.3, -0.25) is 0 Å². The molecule has 0 aliphatic rings. The Hall–Kier alpha value is -0.870. The summed E-state index contributed by atoms with van der Waals surface area (Å²) in [4.78, 5) is 4.16. The van der Waals surface area contributed by atoms with Crippen molar-refractivity contribution in [2.24, 2.45) is 5.73 Å². The summed E-state index contributed by atoms with van der Waals surface area (Å²) >= 11 is 0. The molecule has 0 aliphatic heterocycles. The zero-order valence-electron chi connectivity index (χ0n) is 9.81. The first-order valence-corrected chi connectivity index (χ1v) is 5.46. The number of nitrogens with two attached hydrogens (primary N) is 1. The molecule has 0 aliphatic carbocycles. The molecule has 0 bridgehead atoms. The highest BCUT2D eigenvalue weighted by atomic mass is 16.5. The molecule has 0 fully saturated rings. The van der Waals surface area contributed by atoms with Gasteiger partial charge in [-0.1, -0.05) is 6.92 Å². The molecular weight excluding hydrogens is 190 g/mol. The van der Waals surface area contributed by atoms with E-state index >= 15 is 0 Å². The van der Waals surface area contributed by atoms with Crippen LogP contribution in [0.25, 0.3) is 0 Å². The van der Waals surface area contributed by atoms with E-state index < -0.39 is 0 Å². The Bertz CT molecular complexity index is 285. The third-order valence-electron chi connectivity index (χ3n) is 2.73. The van der Waals surface area contributed by atoms with E-state index in [0.29, 0.717) is 6.04 Å². The van der Waals surface area contributed by atoms with Crippen molar-refractivity contribution in [1.29, 1.82) is 0 Å². The second-order valence-corrected chi connectivity index (χ2v) is 3.87. The van der Waals surface area contributed by atoms with Crippen molar-refractivity contribution < 1.29 is 4.74 Å². The van der Waals surface area contributed by atoms with Crippen molar-refractivity contribution in [1.82, 2.24) is 9.55 Å². The molecule has 1 aromatic heterocycles. The van der Waals surface area contributed by atoms with E-state index in [4.69, 9.17) is 10.5 Å². The number of methoxy groups -OCH3 is 1. The Morgan fingerprint density at radius 3 is 2.93 bits per heavy atom. The summed E-state index contributed by atoms with van der Waals surface area (Å²) in [6.45, 7) is 5.01. The van der Waals surface area contributed by atoms with Gasteiger partial charge in [-0.15, -0.1) is 0 Å². The first-order chi connectivity index (χ1) is 7.20. The maximum Gasteiger partial charge on any atom is 0.0951 e. The number of nitrogens with zero attached hydrogens (tertiary/aromatic N) is 2. The summed E-state index contributed by atoms with van der Waals surface area (Å²) in [6, 6.07) is 0.470. The van der Waals surface area contributed by atoms with E-state index in [1.165, 1.54) is 0 Å². The Morgan fingerprint density at radius 1 is 1.60 bits per heavy atom. The van der Waals surface area contributed by atoms with Crippen LogP contribution >= 0.6 is 0 Å². The standard InChI is InChI=1S/C11H21N3O/c1-4-10(12)11-7-13-8-14(11)9(2)5-6-15-3/h7-10H,4-6,12H2,1-3H3/t9?,10-/m1/s1. The van der Waals surface area contributed by atoms with Gasteiger partial charge in [0.15, 0.2) is 0 Å². The van der Waals surface area contributed by atoms with Crippen LogP contribution in [0.15, 0.2) is 12.5 Å². The minimum atomic E-state index is 0.0810. The molecule has 1 rings (SSSR count). The molecule has 0 saturated carbocycles. The molecule has 0 saturated heterocycles. The second-order valence-electron chi connectivity index (χ2n) is 3.87. The smallest absolute Gasteiger partial charge is 0.0951 e. The fourth-order valence-electron chi connectivity index (χ4n) is 1.61. The number of hydrogen-bond donors (Lipinski definition) is 1. The van der Waals surface area contributed by atoms with Crippen molar-refractivity contribution in [3.63, 3.8) is 0 Å². The van der Waals surface area contributed by atoms with Crippen molar-refractivity contribution in [2.45, 2.75) is 38.8 Å². The normalized spacial score (nSPS) is 15.2. The van der Waals surface area contributed by atoms with E-state index in [1.807, 2.05) is 12.5 Å². The number of aromatic nitrogens is 2. The average molecular weight is 211 g/mol. The molecule has 2 atom stereocenters. The summed E-state index contributed by atoms with van der Waals surface area (Å²) < 4.78 is 7.22. The lowest BCUT2D eigenvalue weighted by Gasteiger charge is -2.19. The van der Waals surface area contributed by atoms with Gasteiger partial charge < -0.3 is 15.0 Å². The molecule has 15 heavy (non-hydrogen) atoms. The molecule has 1 aromatic rings. The van der Waals surface area contributed by atoms with Gasteiger partial charge in [-0.05, 0) is 19.8 Å². The zero-order chi connectivity index (χ0) is 11.3. The lowest BCUT2D eigenvalue weighted by molar-refractivity contribution is 0.180. The summed E-state index contributed by atoms with van der Waals surface area (Å²) in [5.74, 6) is 0. The molecule has 4 heteroatoms. The predicted molar refractivity (Wildman–Crippen MR) is 60.7 cm³/mol. The van der Waals surface area contributed by atoms with Gasteiger partial charge in [-0.25, -0.2) is 4.98 Å². The van der Waals surface area contributed by atoms with Crippen LogP contribution in [0.4, 0.5) is 0 Å². The maximum absolute atomic E-state index is 6.01. The van der Waals surface area contributed by atoms with Gasteiger partial charge in [0.05, 0.1) is 12.0 Å². The largest absolute Gasteiger partial charge is 0.385 e. The molecule has 0 aromatic carbocycles. The van der Waals surface area contributed by atoms with Gasteiger partial charge in [0.1, 0.15) is 0 Å². The second kappa shape index (κ2) is 5.88. The van der Waals surface area contributed by atoms with E-state index in [-0.39, 0.29) is 6.04 Å². The number of rotatable bonds is 6. The molecule has 1 unspecified atom stereocenters. The third-order valence-corrected chi connectivity index (χ3v) is 2.73. The lowest BCUT2D eigenvalue weighted by Crippen LogP contribution is -2.17. The first-order valence-electron chi connectivity index (χ1n) is 5.46. The molecule has 0 amide bonds. The van der Waals surface area contributed by atoms with E-state index in [0.717, 1.165) is 25.1 Å². The topological polar surface area (TPSA) is 53.1 Å². The highest BCUT2D eigenvalue weighted by molar-refractivity contribution is 5.05. The Balaban J connectivity index is 2.71. The Kier molecular flexibility index (Phi) is 4.78. The maximum atomic E-state index is 6.01. The molecular formula is C11H21N3O. The molecule has 2 N–H and O–H groups in total. The average Bonchev–Trinajstić information content (AvgIpc) is 2.73. The molecule has 86 valence electrons. The third kappa shape index (κ3) is 3.04. The van der Waals surface area contributed by atoms with Crippen LogP contribution in [0, 0.1) is 0 Å². The van der Waals surface area contributed by atoms with Crippen LogP contribution in [0.1, 0.15) is 44.5 Å². The zero-order valence-corrected chi connectivity index (χ0v) is 9.81. The lowest BCUT2D eigenvalue weighted by atomic mass is 10.1. The van der Waals surface area contributed by atoms with Crippen molar-refractivity contribution in [3.05, 3.63) is 18.2 Å². The van der Waals surface area contributed by atoms with E-state index in [1.54, 1.807) is 7.11 Å². The van der Waals surface area contributed by atoms with Crippen LogP contribution in [0.3, 0.4) is 0 Å². The van der Waals surface area contributed by atoms with Crippen LogP contribution in [-0.4, -0.2) is 23.3 Å². The highest BCUT2D eigenvalue weighted by Crippen LogP contribution is 2.19.